The standard InChI is InChI=1S/C16H13FN2O3/c1-19-15(16(20)21)12-8-11(6-7-14(12)18-19)22-9-10-4-2-3-5-13(10)17/h2-8H,9H2,1H3,(H,20,21). The summed E-state index contributed by atoms with van der Waals surface area (Å²) in [6.07, 6.45) is 0. The lowest BCUT2D eigenvalue weighted by Gasteiger charge is -2.07. The number of aryl methyl sites for hydroxylation is 1. The SMILES string of the molecule is Cn1nc2ccc(OCc3ccccc3F)cc2c1C(=O)O. The van der Waals surface area contributed by atoms with Crippen LogP contribution < -0.4 is 4.74 Å². The van der Waals surface area contributed by atoms with Gasteiger partial charge in [0.1, 0.15) is 18.2 Å². The van der Waals surface area contributed by atoms with E-state index in [0.29, 0.717) is 22.2 Å². The van der Waals surface area contributed by atoms with E-state index in [1.165, 1.54) is 10.7 Å². The third-order valence-electron chi connectivity index (χ3n) is 3.36. The number of carbonyl (C=O) groups is 1. The van der Waals surface area contributed by atoms with Gasteiger partial charge in [-0.15, -0.1) is 0 Å². The number of carboxylic acid groups (broad SMARTS) is 1. The molecule has 3 rings (SSSR count). The Morgan fingerprint density at radius 3 is 2.82 bits per heavy atom. The Kier molecular flexibility index (Phi) is 3.50. The van der Waals surface area contributed by atoms with Gasteiger partial charge in [0.15, 0.2) is 5.69 Å². The van der Waals surface area contributed by atoms with Crippen LogP contribution in [0.2, 0.25) is 0 Å². The minimum Gasteiger partial charge on any atom is -0.489 e. The molecule has 0 aliphatic carbocycles. The van der Waals surface area contributed by atoms with Gasteiger partial charge in [0.25, 0.3) is 0 Å². The first kappa shape index (κ1) is 14.1. The molecule has 0 radical (unpaired) electrons. The van der Waals surface area contributed by atoms with Gasteiger partial charge in [0.05, 0.1) is 5.52 Å². The number of aromatic carboxylic acids is 1. The van der Waals surface area contributed by atoms with Crippen molar-refractivity contribution in [2.45, 2.75) is 6.61 Å². The first-order valence-corrected chi connectivity index (χ1v) is 6.62. The fourth-order valence-electron chi connectivity index (χ4n) is 2.30. The first-order valence-electron chi connectivity index (χ1n) is 6.62. The zero-order valence-electron chi connectivity index (χ0n) is 11.8. The van der Waals surface area contributed by atoms with Crippen LogP contribution in [0.25, 0.3) is 10.9 Å². The number of nitrogens with zero attached hydrogens (tertiary/aromatic N) is 2. The van der Waals surface area contributed by atoms with Crippen LogP contribution in [-0.2, 0) is 13.7 Å². The number of hydrogen-bond donors (Lipinski definition) is 1. The lowest BCUT2D eigenvalue weighted by Crippen LogP contribution is -2.05. The quantitative estimate of drug-likeness (QED) is 0.804. The maximum absolute atomic E-state index is 13.5. The minimum atomic E-state index is -1.06. The summed E-state index contributed by atoms with van der Waals surface area (Å²) in [6, 6.07) is 11.3. The van der Waals surface area contributed by atoms with E-state index in [9.17, 15) is 14.3 Å². The molecule has 1 N–H and O–H groups in total. The molecule has 0 atom stereocenters. The summed E-state index contributed by atoms with van der Waals surface area (Å²) in [7, 11) is 1.57. The van der Waals surface area contributed by atoms with Gasteiger partial charge in [0, 0.05) is 18.0 Å². The Morgan fingerprint density at radius 1 is 1.32 bits per heavy atom. The molecule has 1 heterocycles. The van der Waals surface area contributed by atoms with Crippen molar-refractivity contribution in [3.63, 3.8) is 0 Å². The Balaban J connectivity index is 1.90. The normalized spacial score (nSPS) is 10.8. The van der Waals surface area contributed by atoms with Gasteiger partial charge in [-0.1, -0.05) is 18.2 Å². The molecule has 6 heteroatoms. The Labute approximate surface area is 125 Å². The molecule has 22 heavy (non-hydrogen) atoms. The smallest absolute Gasteiger partial charge is 0.354 e. The van der Waals surface area contributed by atoms with Crippen LogP contribution in [0.1, 0.15) is 16.1 Å². The Hall–Kier alpha value is -2.89. The number of ether oxygens (including phenoxy) is 1. The molecule has 0 spiro atoms. The zero-order chi connectivity index (χ0) is 15.7. The molecule has 1 aromatic heterocycles. The van der Waals surface area contributed by atoms with Crippen molar-refractivity contribution in [1.82, 2.24) is 9.78 Å². The molecule has 0 fully saturated rings. The summed E-state index contributed by atoms with van der Waals surface area (Å²) >= 11 is 0. The van der Waals surface area contributed by atoms with E-state index >= 15 is 0 Å². The highest BCUT2D eigenvalue weighted by Crippen LogP contribution is 2.24. The number of benzene rings is 2. The predicted octanol–water partition coefficient (Wildman–Crippen LogP) is 2.99. The average Bonchev–Trinajstić information content (AvgIpc) is 2.81. The second-order valence-corrected chi connectivity index (χ2v) is 4.84. The second-order valence-electron chi connectivity index (χ2n) is 4.84. The molecule has 112 valence electrons. The van der Waals surface area contributed by atoms with Crippen molar-refractivity contribution < 1.29 is 19.0 Å². The van der Waals surface area contributed by atoms with Crippen molar-refractivity contribution in [2.75, 3.05) is 0 Å². The Bertz CT molecular complexity index is 858. The molecular weight excluding hydrogens is 287 g/mol. The molecule has 0 aliphatic rings. The van der Waals surface area contributed by atoms with Gasteiger partial charge in [-0.05, 0) is 24.3 Å². The van der Waals surface area contributed by atoms with Crippen molar-refractivity contribution in [2.24, 2.45) is 7.05 Å². The van der Waals surface area contributed by atoms with Gasteiger partial charge in [0.2, 0.25) is 0 Å². The fourth-order valence-corrected chi connectivity index (χ4v) is 2.30. The van der Waals surface area contributed by atoms with Crippen LogP contribution in [0.15, 0.2) is 42.5 Å². The van der Waals surface area contributed by atoms with Gasteiger partial charge in [-0.3, -0.25) is 4.68 Å². The van der Waals surface area contributed by atoms with E-state index in [-0.39, 0.29) is 18.1 Å². The van der Waals surface area contributed by atoms with Crippen LogP contribution >= 0.6 is 0 Å². The number of carboxylic acids is 1. The predicted molar refractivity (Wildman–Crippen MR) is 78.4 cm³/mol. The summed E-state index contributed by atoms with van der Waals surface area (Å²) in [5.74, 6) is -0.932. The maximum atomic E-state index is 13.5. The minimum absolute atomic E-state index is 0.0703. The van der Waals surface area contributed by atoms with Crippen molar-refractivity contribution in [3.05, 3.63) is 59.5 Å². The van der Waals surface area contributed by atoms with Gasteiger partial charge in [-0.2, -0.15) is 5.10 Å². The molecule has 0 aliphatic heterocycles. The van der Waals surface area contributed by atoms with Crippen molar-refractivity contribution >= 4 is 16.9 Å². The highest BCUT2D eigenvalue weighted by molar-refractivity contribution is 6.01. The summed E-state index contributed by atoms with van der Waals surface area (Å²) in [6.45, 7) is 0.0703. The molecule has 0 unspecified atom stereocenters. The van der Waals surface area contributed by atoms with Crippen LogP contribution in [0.3, 0.4) is 0 Å². The molecule has 0 amide bonds. The topological polar surface area (TPSA) is 64.4 Å². The Morgan fingerprint density at radius 2 is 2.09 bits per heavy atom. The van der Waals surface area contributed by atoms with Crippen LogP contribution in [0.5, 0.6) is 5.75 Å². The molecule has 3 aromatic rings. The van der Waals surface area contributed by atoms with E-state index in [0.717, 1.165) is 0 Å². The number of fused-ring (bicyclic) bond motifs is 1. The van der Waals surface area contributed by atoms with E-state index in [4.69, 9.17) is 4.74 Å². The zero-order valence-corrected chi connectivity index (χ0v) is 11.8. The monoisotopic (exact) mass is 300 g/mol. The van der Waals surface area contributed by atoms with Gasteiger partial charge in [-0.25, -0.2) is 9.18 Å². The van der Waals surface area contributed by atoms with E-state index in [1.807, 2.05) is 0 Å². The van der Waals surface area contributed by atoms with E-state index < -0.39 is 5.97 Å². The van der Waals surface area contributed by atoms with Crippen LogP contribution in [-0.4, -0.2) is 20.9 Å². The highest BCUT2D eigenvalue weighted by atomic mass is 19.1. The van der Waals surface area contributed by atoms with E-state index in [2.05, 4.69) is 5.10 Å². The maximum Gasteiger partial charge on any atom is 0.354 e. The third-order valence-corrected chi connectivity index (χ3v) is 3.36. The molecule has 0 bridgehead atoms. The molecular formula is C16H13FN2O3. The van der Waals surface area contributed by atoms with Crippen molar-refractivity contribution in [3.8, 4) is 5.75 Å². The average molecular weight is 300 g/mol. The largest absolute Gasteiger partial charge is 0.489 e. The highest BCUT2D eigenvalue weighted by Gasteiger charge is 2.16. The number of aromatic nitrogens is 2. The molecule has 0 saturated heterocycles. The van der Waals surface area contributed by atoms with Gasteiger partial charge < -0.3 is 9.84 Å². The second kappa shape index (κ2) is 5.48. The molecule has 2 aromatic carbocycles. The van der Waals surface area contributed by atoms with Crippen LogP contribution in [0, 0.1) is 5.82 Å². The number of rotatable bonds is 4. The summed E-state index contributed by atoms with van der Waals surface area (Å²) in [5, 5.41) is 13.9. The fraction of sp³-hybridized carbons (Fsp3) is 0.125. The summed E-state index contributed by atoms with van der Waals surface area (Å²) in [5.41, 5.74) is 1.09. The van der Waals surface area contributed by atoms with Crippen LogP contribution in [0.4, 0.5) is 4.39 Å². The number of halogens is 1. The number of hydrogen-bond acceptors (Lipinski definition) is 3. The van der Waals surface area contributed by atoms with E-state index in [1.54, 1.807) is 43.4 Å². The molecule has 5 nitrogen and oxygen atoms in total. The lowest BCUT2D eigenvalue weighted by molar-refractivity contribution is 0.0687. The summed E-state index contributed by atoms with van der Waals surface area (Å²) in [4.78, 5) is 11.3. The van der Waals surface area contributed by atoms with Gasteiger partial charge >= 0.3 is 5.97 Å². The molecule has 0 saturated carbocycles. The first-order chi connectivity index (χ1) is 10.6. The van der Waals surface area contributed by atoms with Crippen molar-refractivity contribution in [1.29, 1.82) is 0 Å². The summed E-state index contributed by atoms with van der Waals surface area (Å²) < 4.78 is 20.4. The lowest BCUT2D eigenvalue weighted by atomic mass is 10.2. The third kappa shape index (κ3) is 2.50.